The quantitative estimate of drug-likeness (QED) is 0.680. The molecule has 0 bridgehead atoms. The molecule has 0 heterocycles. The van der Waals surface area contributed by atoms with Gasteiger partial charge in [-0.2, -0.15) is 13.2 Å². The second-order valence-corrected chi connectivity index (χ2v) is 3.91. The lowest BCUT2D eigenvalue weighted by atomic mass is 9.97. The first-order chi connectivity index (χ1) is 9.18. The summed E-state index contributed by atoms with van der Waals surface area (Å²) in [5.41, 5.74) is 3.19. The summed E-state index contributed by atoms with van der Waals surface area (Å²) in [6, 6.07) is -0.282. The molecule has 2 atom stereocenters. The Morgan fingerprint density at radius 1 is 1.38 bits per heavy atom. The lowest BCUT2D eigenvalue weighted by Crippen LogP contribution is -2.33. The molecule has 3 nitrogen and oxygen atoms in total. The maximum absolute atomic E-state index is 13.7. The van der Waals surface area contributed by atoms with Gasteiger partial charge in [0.25, 0.3) is 0 Å². The zero-order valence-corrected chi connectivity index (χ0v) is 11.6. The smallest absolute Gasteiger partial charge is 0.416 e. The SMILES string of the molecule is CCOC(=O)C(F)[C@@H](N)c1ccc(F)cc1C(F)(F)F.Cl. The highest BCUT2D eigenvalue weighted by molar-refractivity contribution is 5.85. The maximum Gasteiger partial charge on any atom is 0.416 e. The van der Waals surface area contributed by atoms with Crippen LogP contribution in [0.25, 0.3) is 0 Å². The zero-order valence-electron chi connectivity index (χ0n) is 10.8. The standard InChI is InChI=1S/C12H12F5NO2.ClH/c1-2-20-11(19)9(14)10(18)7-4-3-6(13)5-8(7)12(15,16)17;/h3-5,9-10H,2,18H2,1H3;1H/t9?,10-;/m0./s1. The number of esters is 1. The van der Waals surface area contributed by atoms with Gasteiger partial charge in [0, 0.05) is 0 Å². The molecule has 0 aliphatic rings. The summed E-state index contributed by atoms with van der Waals surface area (Å²) in [4.78, 5) is 11.2. The van der Waals surface area contributed by atoms with Crippen LogP contribution < -0.4 is 5.73 Å². The Morgan fingerprint density at radius 3 is 2.43 bits per heavy atom. The van der Waals surface area contributed by atoms with Crippen LogP contribution in [0.2, 0.25) is 0 Å². The van der Waals surface area contributed by atoms with Crippen molar-refractivity contribution in [3.63, 3.8) is 0 Å². The van der Waals surface area contributed by atoms with E-state index in [4.69, 9.17) is 5.73 Å². The van der Waals surface area contributed by atoms with Crippen LogP contribution in [-0.2, 0) is 15.7 Å². The van der Waals surface area contributed by atoms with Crippen molar-refractivity contribution >= 4 is 18.4 Å². The lowest BCUT2D eigenvalue weighted by molar-refractivity contribution is -0.150. The maximum atomic E-state index is 13.7. The molecule has 0 saturated heterocycles. The second kappa shape index (κ2) is 7.56. The van der Waals surface area contributed by atoms with Gasteiger partial charge in [-0.05, 0) is 24.6 Å². The molecular formula is C12H13ClF5NO2. The fourth-order valence-electron chi connectivity index (χ4n) is 1.59. The third-order valence-electron chi connectivity index (χ3n) is 2.51. The minimum absolute atomic E-state index is 0. The van der Waals surface area contributed by atoms with Crippen LogP contribution >= 0.6 is 12.4 Å². The van der Waals surface area contributed by atoms with E-state index in [1.54, 1.807) is 0 Å². The number of ether oxygens (including phenoxy) is 1. The minimum atomic E-state index is -4.91. The van der Waals surface area contributed by atoms with Crippen LogP contribution in [0, 0.1) is 5.82 Å². The first-order valence-electron chi connectivity index (χ1n) is 5.61. The van der Waals surface area contributed by atoms with Gasteiger partial charge in [0.1, 0.15) is 5.82 Å². The molecule has 0 aliphatic heterocycles. The number of halogens is 6. The van der Waals surface area contributed by atoms with Crippen molar-refractivity contribution in [1.29, 1.82) is 0 Å². The summed E-state index contributed by atoms with van der Waals surface area (Å²) in [6.45, 7) is 1.27. The Balaban J connectivity index is 0.00000400. The number of hydrogen-bond acceptors (Lipinski definition) is 3. The van der Waals surface area contributed by atoms with E-state index < -0.39 is 41.3 Å². The topological polar surface area (TPSA) is 52.3 Å². The molecule has 0 saturated carbocycles. The Hall–Kier alpha value is -1.41. The molecule has 1 aromatic rings. The van der Waals surface area contributed by atoms with Gasteiger partial charge in [-0.1, -0.05) is 6.07 Å². The molecule has 9 heteroatoms. The molecule has 1 unspecified atom stereocenters. The average Bonchev–Trinajstić information content (AvgIpc) is 2.36. The number of alkyl halides is 4. The average molecular weight is 334 g/mol. The van der Waals surface area contributed by atoms with Gasteiger partial charge in [0.15, 0.2) is 0 Å². The third kappa shape index (κ3) is 4.82. The predicted octanol–water partition coefficient (Wildman–Crippen LogP) is 3.17. The van der Waals surface area contributed by atoms with E-state index in [2.05, 4.69) is 4.74 Å². The van der Waals surface area contributed by atoms with Gasteiger partial charge in [0.2, 0.25) is 6.17 Å². The number of hydrogen-bond donors (Lipinski definition) is 1. The molecule has 0 radical (unpaired) electrons. The van der Waals surface area contributed by atoms with Gasteiger partial charge in [-0.15, -0.1) is 12.4 Å². The molecule has 120 valence electrons. The van der Waals surface area contributed by atoms with Crippen LogP contribution in [-0.4, -0.2) is 18.7 Å². The van der Waals surface area contributed by atoms with Crippen molar-refractivity contribution in [2.45, 2.75) is 25.3 Å². The van der Waals surface area contributed by atoms with Crippen molar-refractivity contribution in [3.8, 4) is 0 Å². The Labute approximate surface area is 123 Å². The molecule has 21 heavy (non-hydrogen) atoms. The number of carbonyl (C=O) groups is 1. The fourth-order valence-corrected chi connectivity index (χ4v) is 1.59. The summed E-state index contributed by atoms with van der Waals surface area (Å²) in [7, 11) is 0. The number of rotatable bonds is 4. The number of carbonyl (C=O) groups excluding carboxylic acids is 1. The molecule has 2 N–H and O–H groups in total. The molecule has 0 aliphatic carbocycles. The molecule has 0 fully saturated rings. The van der Waals surface area contributed by atoms with E-state index in [0.717, 1.165) is 0 Å². The lowest BCUT2D eigenvalue weighted by Gasteiger charge is -2.20. The Bertz CT molecular complexity index is 495. The third-order valence-corrected chi connectivity index (χ3v) is 2.51. The van der Waals surface area contributed by atoms with Gasteiger partial charge < -0.3 is 10.5 Å². The summed E-state index contributed by atoms with van der Waals surface area (Å²) < 4.78 is 69.1. The van der Waals surface area contributed by atoms with Crippen LogP contribution in [0.5, 0.6) is 0 Å². The fraction of sp³-hybridized carbons (Fsp3) is 0.417. The van der Waals surface area contributed by atoms with Gasteiger partial charge >= 0.3 is 12.1 Å². The first-order valence-corrected chi connectivity index (χ1v) is 5.61. The van der Waals surface area contributed by atoms with E-state index >= 15 is 0 Å². The highest BCUT2D eigenvalue weighted by atomic mass is 35.5. The van der Waals surface area contributed by atoms with Crippen LogP contribution in [0.4, 0.5) is 22.0 Å². The van der Waals surface area contributed by atoms with Crippen molar-refractivity contribution in [1.82, 2.24) is 0 Å². The van der Waals surface area contributed by atoms with E-state index in [0.29, 0.717) is 12.1 Å². The molecule has 0 spiro atoms. The molecule has 0 amide bonds. The van der Waals surface area contributed by atoms with Gasteiger partial charge in [-0.3, -0.25) is 0 Å². The van der Waals surface area contributed by atoms with Crippen molar-refractivity contribution in [2.24, 2.45) is 5.73 Å². The van der Waals surface area contributed by atoms with E-state index in [-0.39, 0.29) is 25.1 Å². The molecule has 1 rings (SSSR count). The predicted molar refractivity (Wildman–Crippen MR) is 67.1 cm³/mol. The Morgan fingerprint density at radius 2 is 1.95 bits per heavy atom. The van der Waals surface area contributed by atoms with Crippen LogP contribution in [0.3, 0.4) is 0 Å². The summed E-state index contributed by atoms with van der Waals surface area (Å²) in [6.07, 6.45) is -7.38. The summed E-state index contributed by atoms with van der Waals surface area (Å²) >= 11 is 0. The Kier molecular flexibility index (Phi) is 7.05. The second-order valence-electron chi connectivity index (χ2n) is 3.91. The van der Waals surface area contributed by atoms with E-state index in [1.165, 1.54) is 6.92 Å². The minimum Gasteiger partial charge on any atom is -0.464 e. The van der Waals surface area contributed by atoms with Crippen LogP contribution in [0.1, 0.15) is 24.1 Å². The highest BCUT2D eigenvalue weighted by Gasteiger charge is 2.38. The van der Waals surface area contributed by atoms with Crippen molar-refractivity contribution < 1.29 is 31.5 Å². The number of benzene rings is 1. The molecule has 0 aromatic heterocycles. The first kappa shape index (κ1) is 19.6. The summed E-state index contributed by atoms with van der Waals surface area (Å²) in [5, 5.41) is 0. The van der Waals surface area contributed by atoms with Crippen LogP contribution in [0.15, 0.2) is 18.2 Å². The molecular weight excluding hydrogens is 321 g/mol. The largest absolute Gasteiger partial charge is 0.464 e. The highest BCUT2D eigenvalue weighted by Crippen LogP contribution is 2.35. The van der Waals surface area contributed by atoms with Gasteiger partial charge in [0.05, 0.1) is 18.2 Å². The van der Waals surface area contributed by atoms with E-state index in [1.807, 2.05) is 0 Å². The molecule has 1 aromatic carbocycles. The van der Waals surface area contributed by atoms with Gasteiger partial charge in [-0.25, -0.2) is 13.6 Å². The van der Waals surface area contributed by atoms with Crippen molar-refractivity contribution in [2.75, 3.05) is 6.61 Å². The zero-order chi connectivity index (χ0) is 15.5. The summed E-state index contributed by atoms with van der Waals surface area (Å²) in [5.74, 6) is -2.50. The monoisotopic (exact) mass is 333 g/mol. The number of nitrogens with two attached hydrogens (primary N) is 1. The normalized spacial score (nSPS) is 14.0. The van der Waals surface area contributed by atoms with Crippen molar-refractivity contribution in [3.05, 3.63) is 35.1 Å². The van der Waals surface area contributed by atoms with E-state index in [9.17, 15) is 26.7 Å².